The van der Waals surface area contributed by atoms with Crippen molar-refractivity contribution >= 4 is 27.7 Å². The maximum atomic E-state index is 5.62. The molecule has 4 heteroatoms. The minimum Gasteiger partial charge on any atom is -0.271 e. The molecule has 2 nitrogen and oxygen atoms in total. The van der Waals surface area contributed by atoms with Gasteiger partial charge in [-0.25, -0.2) is 0 Å². The van der Waals surface area contributed by atoms with Gasteiger partial charge >= 0.3 is 0 Å². The van der Waals surface area contributed by atoms with Crippen LogP contribution in [-0.4, -0.2) is 11.8 Å². The smallest absolute Gasteiger partial charge is 0.0307 e. The number of rotatable bonds is 6. The monoisotopic (exact) mass is 314 g/mol. The third-order valence-electron chi connectivity index (χ3n) is 3.34. The SMILES string of the molecule is NNC(CSc1ccc(Br)cc1)CC1CCC1. The minimum absolute atomic E-state index is 0.439. The van der Waals surface area contributed by atoms with E-state index in [4.69, 9.17) is 5.84 Å². The topological polar surface area (TPSA) is 38.0 Å². The lowest BCUT2D eigenvalue weighted by Crippen LogP contribution is -2.39. The Morgan fingerprint density at radius 2 is 2.06 bits per heavy atom. The molecular weight excluding hydrogens is 296 g/mol. The van der Waals surface area contributed by atoms with Crippen molar-refractivity contribution in [2.45, 2.75) is 36.6 Å². The van der Waals surface area contributed by atoms with Crippen molar-refractivity contribution in [3.05, 3.63) is 28.7 Å². The molecule has 17 heavy (non-hydrogen) atoms. The van der Waals surface area contributed by atoms with Crippen LogP contribution in [0.2, 0.25) is 0 Å². The standard InChI is InChI=1S/C13H19BrN2S/c14-11-4-6-13(7-5-11)17-9-12(16-15)8-10-2-1-3-10/h4-7,10,12,16H,1-3,8-9,15H2. The highest BCUT2D eigenvalue weighted by atomic mass is 79.9. The van der Waals surface area contributed by atoms with Crippen molar-refractivity contribution in [3.63, 3.8) is 0 Å². The number of nitrogens with one attached hydrogen (secondary N) is 1. The van der Waals surface area contributed by atoms with Gasteiger partial charge in [0.05, 0.1) is 0 Å². The van der Waals surface area contributed by atoms with Crippen molar-refractivity contribution in [1.29, 1.82) is 0 Å². The summed E-state index contributed by atoms with van der Waals surface area (Å²) in [6.45, 7) is 0. The summed E-state index contributed by atoms with van der Waals surface area (Å²) in [7, 11) is 0. The second kappa shape index (κ2) is 6.78. The Bertz CT molecular complexity index is 338. The van der Waals surface area contributed by atoms with E-state index in [0.717, 1.165) is 16.1 Å². The molecule has 0 aliphatic heterocycles. The van der Waals surface area contributed by atoms with Gasteiger partial charge in [0.1, 0.15) is 0 Å². The molecule has 1 saturated carbocycles. The number of thioether (sulfide) groups is 1. The molecule has 1 aliphatic rings. The lowest BCUT2D eigenvalue weighted by atomic mass is 9.81. The molecule has 0 heterocycles. The second-order valence-electron chi connectivity index (χ2n) is 4.66. The second-order valence-corrected chi connectivity index (χ2v) is 6.67. The van der Waals surface area contributed by atoms with Crippen LogP contribution in [0.3, 0.4) is 0 Å². The van der Waals surface area contributed by atoms with Crippen LogP contribution in [0.15, 0.2) is 33.6 Å². The first kappa shape index (κ1) is 13.4. The molecule has 2 rings (SSSR count). The zero-order chi connectivity index (χ0) is 12.1. The van der Waals surface area contributed by atoms with Crippen LogP contribution < -0.4 is 11.3 Å². The summed E-state index contributed by atoms with van der Waals surface area (Å²) < 4.78 is 1.13. The van der Waals surface area contributed by atoms with Gasteiger partial charge < -0.3 is 0 Å². The molecule has 0 bridgehead atoms. The van der Waals surface area contributed by atoms with E-state index >= 15 is 0 Å². The van der Waals surface area contributed by atoms with Gasteiger partial charge in [0, 0.05) is 21.2 Å². The number of hydrazine groups is 1. The molecule has 0 spiro atoms. The van der Waals surface area contributed by atoms with Crippen molar-refractivity contribution < 1.29 is 0 Å². The predicted octanol–water partition coefficient (Wildman–Crippen LogP) is 3.56. The van der Waals surface area contributed by atoms with Crippen LogP contribution in [-0.2, 0) is 0 Å². The molecule has 94 valence electrons. The van der Waals surface area contributed by atoms with E-state index < -0.39 is 0 Å². The van der Waals surface area contributed by atoms with E-state index in [2.05, 4.69) is 45.6 Å². The minimum atomic E-state index is 0.439. The van der Waals surface area contributed by atoms with Gasteiger partial charge in [0.15, 0.2) is 0 Å². The zero-order valence-electron chi connectivity index (χ0n) is 9.86. The Kier molecular flexibility index (Phi) is 5.35. The average molecular weight is 315 g/mol. The number of hydrogen-bond donors (Lipinski definition) is 2. The maximum Gasteiger partial charge on any atom is 0.0307 e. The van der Waals surface area contributed by atoms with E-state index in [9.17, 15) is 0 Å². The van der Waals surface area contributed by atoms with Gasteiger partial charge in [-0.15, -0.1) is 11.8 Å². The molecular formula is C13H19BrN2S. The molecule has 1 fully saturated rings. The van der Waals surface area contributed by atoms with Crippen molar-refractivity contribution in [2.24, 2.45) is 11.8 Å². The van der Waals surface area contributed by atoms with Gasteiger partial charge in [0.25, 0.3) is 0 Å². The number of halogens is 1. The molecule has 0 aromatic heterocycles. The number of benzene rings is 1. The van der Waals surface area contributed by atoms with Gasteiger partial charge in [-0.3, -0.25) is 11.3 Å². The van der Waals surface area contributed by atoms with Crippen molar-refractivity contribution in [2.75, 3.05) is 5.75 Å². The first-order chi connectivity index (χ1) is 8.28. The molecule has 1 aromatic carbocycles. The molecule has 1 unspecified atom stereocenters. The fourth-order valence-electron chi connectivity index (χ4n) is 2.04. The summed E-state index contributed by atoms with van der Waals surface area (Å²) in [6.07, 6.45) is 5.41. The van der Waals surface area contributed by atoms with Gasteiger partial charge in [-0.1, -0.05) is 35.2 Å². The van der Waals surface area contributed by atoms with Crippen LogP contribution in [0, 0.1) is 5.92 Å². The summed E-state index contributed by atoms with van der Waals surface area (Å²) in [6, 6.07) is 8.89. The molecule has 0 saturated heterocycles. The highest BCUT2D eigenvalue weighted by molar-refractivity contribution is 9.10. The van der Waals surface area contributed by atoms with E-state index in [1.807, 2.05) is 11.8 Å². The third kappa shape index (κ3) is 4.28. The largest absolute Gasteiger partial charge is 0.271 e. The molecule has 0 amide bonds. The normalized spacial score (nSPS) is 17.8. The van der Waals surface area contributed by atoms with E-state index in [1.165, 1.54) is 30.6 Å². The molecule has 1 aliphatic carbocycles. The van der Waals surface area contributed by atoms with Gasteiger partial charge in [0.2, 0.25) is 0 Å². The Balaban J connectivity index is 1.76. The first-order valence-corrected chi connectivity index (χ1v) is 7.90. The third-order valence-corrected chi connectivity index (χ3v) is 5.05. The summed E-state index contributed by atoms with van der Waals surface area (Å²) in [5.74, 6) is 7.57. The summed E-state index contributed by atoms with van der Waals surface area (Å²) in [4.78, 5) is 1.31. The Labute approximate surface area is 116 Å². The molecule has 1 atom stereocenters. The van der Waals surface area contributed by atoms with E-state index in [1.54, 1.807) is 0 Å². The number of nitrogens with two attached hydrogens (primary N) is 1. The quantitative estimate of drug-likeness (QED) is 0.479. The van der Waals surface area contributed by atoms with E-state index in [-0.39, 0.29) is 0 Å². The fraction of sp³-hybridized carbons (Fsp3) is 0.538. The number of hydrogen-bond acceptors (Lipinski definition) is 3. The summed E-state index contributed by atoms with van der Waals surface area (Å²) in [5, 5.41) is 0. The van der Waals surface area contributed by atoms with Crippen LogP contribution in [0.1, 0.15) is 25.7 Å². The Hall–Kier alpha value is -0.0300. The Morgan fingerprint density at radius 3 is 2.59 bits per heavy atom. The zero-order valence-corrected chi connectivity index (χ0v) is 12.3. The van der Waals surface area contributed by atoms with Crippen LogP contribution in [0.4, 0.5) is 0 Å². The summed E-state index contributed by atoms with van der Waals surface area (Å²) in [5.41, 5.74) is 2.95. The van der Waals surface area contributed by atoms with Crippen LogP contribution >= 0.6 is 27.7 Å². The maximum absolute atomic E-state index is 5.62. The van der Waals surface area contributed by atoms with Crippen molar-refractivity contribution in [1.82, 2.24) is 5.43 Å². The predicted molar refractivity (Wildman–Crippen MR) is 77.9 cm³/mol. The lowest BCUT2D eigenvalue weighted by Gasteiger charge is -2.29. The van der Waals surface area contributed by atoms with Crippen LogP contribution in [0.5, 0.6) is 0 Å². The Morgan fingerprint density at radius 1 is 1.35 bits per heavy atom. The molecule has 0 radical (unpaired) electrons. The lowest BCUT2D eigenvalue weighted by molar-refractivity contribution is 0.268. The fourth-order valence-corrected chi connectivity index (χ4v) is 3.26. The summed E-state index contributed by atoms with van der Waals surface area (Å²) >= 11 is 5.32. The van der Waals surface area contributed by atoms with Crippen LogP contribution in [0.25, 0.3) is 0 Å². The average Bonchev–Trinajstić information content (AvgIpc) is 2.29. The highest BCUT2D eigenvalue weighted by Crippen LogP contribution is 2.31. The molecule has 1 aromatic rings. The highest BCUT2D eigenvalue weighted by Gasteiger charge is 2.21. The molecule has 3 N–H and O–H groups in total. The van der Waals surface area contributed by atoms with Gasteiger partial charge in [-0.05, 0) is 36.6 Å². The first-order valence-electron chi connectivity index (χ1n) is 6.12. The van der Waals surface area contributed by atoms with Gasteiger partial charge in [-0.2, -0.15) is 0 Å². The van der Waals surface area contributed by atoms with E-state index in [0.29, 0.717) is 6.04 Å². The van der Waals surface area contributed by atoms with Crippen molar-refractivity contribution in [3.8, 4) is 0 Å².